The number of amides is 1. The molecule has 0 bridgehead atoms. The molecule has 1 aliphatic rings. The molecule has 7 nitrogen and oxygen atoms in total. The second-order valence-electron chi connectivity index (χ2n) is 6.80. The van der Waals surface area contributed by atoms with E-state index in [0.717, 1.165) is 41.4 Å². The monoisotopic (exact) mass is 362 g/mol. The highest BCUT2D eigenvalue weighted by Gasteiger charge is 2.24. The number of benzene rings is 1. The van der Waals surface area contributed by atoms with Crippen molar-refractivity contribution in [2.24, 2.45) is 0 Å². The summed E-state index contributed by atoms with van der Waals surface area (Å²) in [7, 11) is 0. The standard InChI is InChI=1S/C20H22N6O/c1-15-3-4-16(2)17(11-15)20(27)25-9-7-24(8-10-25)18-12-19(23-13-22-18)26-6-5-21-14-26/h3-6,11-14H,7-10H2,1-2H3. The zero-order valence-electron chi connectivity index (χ0n) is 15.5. The minimum absolute atomic E-state index is 0.109. The van der Waals surface area contributed by atoms with Crippen LogP contribution in [0.5, 0.6) is 0 Å². The van der Waals surface area contributed by atoms with E-state index >= 15 is 0 Å². The van der Waals surface area contributed by atoms with Gasteiger partial charge in [-0.3, -0.25) is 9.36 Å². The number of carbonyl (C=O) groups excluding carboxylic acids is 1. The zero-order valence-corrected chi connectivity index (χ0v) is 15.5. The molecule has 2 aromatic heterocycles. The van der Waals surface area contributed by atoms with Gasteiger partial charge in [0.25, 0.3) is 5.91 Å². The fourth-order valence-electron chi connectivity index (χ4n) is 3.32. The van der Waals surface area contributed by atoms with Crippen LogP contribution >= 0.6 is 0 Å². The Labute approximate surface area is 158 Å². The van der Waals surface area contributed by atoms with E-state index in [1.54, 1.807) is 18.9 Å². The van der Waals surface area contributed by atoms with E-state index in [4.69, 9.17) is 0 Å². The van der Waals surface area contributed by atoms with Gasteiger partial charge in [0.1, 0.15) is 24.3 Å². The summed E-state index contributed by atoms with van der Waals surface area (Å²) in [6, 6.07) is 7.98. The van der Waals surface area contributed by atoms with Crippen LogP contribution in [-0.2, 0) is 0 Å². The quantitative estimate of drug-likeness (QED) is 0.715. The Kier molecular flexibility index (Phi) is 4.58. The third-order valence-electron chi connectivity index (χ3n) is 4.92. The van der Waals surface area contributed by atoms with Gasteiger partial charge in [0.05, 0.1) is 0 Å². The van der Waals surface area contributed by atoms with Crippen molar-refractivity contribution in [3.05, 3.63) is 66.0 Å². The highest BCUT2D eigenvalue weighted by atomic mass is 16.2. The molecule has 3 heterocycles. The largest absolute Gasteiger partial charge is 0.353 e. The Balaban J connectivity index is 1.45. The van der Waals surface area contributed by atoms with Crippen molar-refractivity contribution >= 4 is 11.7 Å². The average molecular weight is 362 g/mol. The van der Waals surface area contributed by atoms with Crippen LogP contribution in [0, 0.1) is 13.8 Å². The first kappa shape index (κ1) is 17.2. The van der Waals surface area contributed by atoms with Gasteiger partial charge in [0.2, 0.25) is 0 Å². The second-order valence-corrected chi connectivity index (χ2v) is 6.80. The van der Waals surface area contributed by atoms with Crippen LogP contribution < -0.4 is 4.90 Å². The van der Waals surface area contributed by atoms with Gasteiger partial charge in [-0.15, -0.1) is 0 Å². The Morgan fingerprint density at radius 2 is 1.78 bits per heavy atom. The number of carbonyl (C=O) groups is 1. The molecule has 1 saturated heterocycles. The lowest BCUT2D eigenvalue weighted by molar-refractivity contribution is 0.0745. The predicted octanol–water partition coefficient (Wildman–Crippen LogP) is 2.24. The van der Waals surface area contributed by atoms with Gasteiger partial charge in [0.15, 0.2) is 0 Å². The number of hydrogen-bond donors (Lipinski definition) is 0. The Bertz CT molecular complexity index is 945. The molecule has 4 rings (SSSR count). The Hall–Kier alpha value is -3.22. The van der Waals surface area contributed by atoms with E-state index in [1.807, 2.05) is 53.8 Å². The van der Waals surface area contributed by atoms with E-state index in [9.17, 15) is 4.79 Å². The van der Waals surface area contributed by atoms with Crippen molar-refractivity contribution in [1.29, 1.82) is 0 Å². The number of nitrogens with zero attached hydrogens (tertiary/aromatic N) is 6. The number of aromatic nitrogens is 4. The summed E-state index contributed by atoms with van der Waals surface area (Å²) in [5, 5.41) is 0. The summed E-state index contributed by atoms with van der Waals surface area (Å²) < 4.78 is 1.85. The number of piperazine rings is 1. The van der Waals surface area contributed by atoms with Gasteiger partial charge in [-0.2, -0.15) is 0 Å². The van der Waals surface area contributed by atoms with Gasteiger partial charge in [0, 0.05) is 50.2 Å². The molecule has 7 heteroatoms. The SMILES string of the molecule is Cc1ccc(C)c(C(=O)N2CCN(c3cc(-n4ccnc4)ncn3)CC2)c1. The normalized spacial score (nSPS) is 14.4. The summed E-state index contributed by atoms with van der Waals surface area (Å²) in [5.41, 5.74) is 2.93. The minimum Gasteiger partial charge on any atom is -0.353 e. The van der Waals surface area contributed by atoms with E-state index in [-0.39, 0.29) is 5.91 Å². The molecule has 0 N–H and O–H groups in total. The number of rotatable bonds is 3. The maximum absolute atomic E-state index is 12.9. The zero-order chi connectivity index (χ0) is 18.8. The Morgan fingerprint density at radius 3 is 2.52 bits per heavy atom. The van der Waals surface area contributed by atoms with Crippen LogP contribution in [0.15, 0.2) is 49.3 Å². The lowest BCUT2D eigenvalue weighted by atomic mass is 10.0. The summed E-state index contributed by atoms with van der Waals surface area (Å²) in [6.07, 6.45) is 6.86. The molecule has 0 spiro atoms. The fourth-order valence-corrected chi connectivity index (χ4v) is 3.32. The van der Waals surface area contributed by atoms with Crippen molar-refractivity contribution in [2.75, 3.05) is 31.1 Å². The number of aryl methyl sites for hydroxylation is 2. The van der Waals surface area contributed by atoms with Crippen LogP contribution in [0.2, 0.25) is 0 Å². The van der Waals surface area contributed by atoms with Crippen molar-refractivity contribution in [1.82, 2.24) is 24.4 Å². The molecular formula is C20H22N6O. The molecule has 27 heavy (non-hydrogen) atoms. The third-order valence-corrected chi connectivity index (χ3v) is 4.92. The second kappa shape index (κ2) is 7.19. The lowest BCUT2D eigenvalue weighted by Crippen LogP contribution is -2.49. The molecule has 138 valence electrons. The van der Waals surface area contributed by atoms with E-state index in [1.165, 1.54) is 0 Å². The topological polar surface area (TPSA) is 67.2 Å². The molecular weight excluding hydrogens is 340 g/mol. The fraction of sp³-hybridized carbons (Fsp3) is 0.300. The molecule has 0 aliphatic carbocycles. The summed E-state index contributed by atoms with van der Waals surface area (Å²) in [4.78, 5) is 29.8. The van der Waals surface area contributed by atoms with Crippen LogP contribution in [0.3, 0.4) is 0 Å². The highest BCUT2D eigenvalue weighted by molar-refractivity contribution is 5.96. The highest BCUT2D eigenvalue weighted by Crippen LogP contribution is 2.18. The molecule has 1 fully saturated rings. The number of imidazole rings is 1. The first-order valence-electron chi connectivity index (χ1n) is 9.03. The predicted molar refractivity (Wildman–Crippen MR) is 103 cm³/mol. The van der Waals surface area contributed by atoms with Gasteiger partial charge < -0.3 is 9.80 Å². The third kappa shape index (κ3) is 3.53. The number of hydrogen-bond acceptors (Lipinski definition) is 5. The molecule has 3 aromatic rings. The molecule has 1 aromatic carbocycles. The van der Waals surface area contributed by atoms with E-state index in [2.05, 4.69) is 19.9 Å². The smallest absolute Gasteiger partial charge is 0.254 e. The van der Waals surface area contributed by atoms with Crippen LogP contribution in [0.25, 0.3) is 5.82 Å². The van der Waals surface area contributed by atoms with Crippen molar-refractivity contribution in [2.45, 2.75) is 13.8 Å². The van der Waals surface area contributed by atoms with E-state index < -0.39 is 0 Å². The molecule has 0 unspecified atom stereocenters. The molecule has 0 saturated carbocycles. The van der Waals surface area contributed by atoms with Gasteiger partial charge in [-0.1, -0.05) is 17.7 Å². The Morgan fingerprint density at radius 1 is 1.00 bits per heavy atom. The molecule has 0 radical (unpaired) electrons. The molecule has 1 aliphatic heterocycles. The van der Waals surface area contributed by atoms with Crippen LogP contribution in [-0.4, -0.2) is 56.5 Å². The van der Waals surface area contributed by atoms with Gasteiger partial charge in [-0.05, 0) is 25.5 Å². The van der Waals surface area contributed by atoms with Crippen LogP contribution in [0.4, 0.5) is 5.82 Å². The molecule has 1 amide bonds. The molecule has 0 atom stereocenters. The van der Waals surface area contributed by atoms with Gasteiger partial charge >= 0.3 is 0 Å². The summed E-state index contributed by atoms with van der Waals surface area (Å²) in [5.74, 6) is 1.76. The minimum atomic E-state index is 0.109. The van der Waals surface area contributed by atoms with Crippen molar-refractivity contribution in [3.8, 4) is 5.82 Å². The lowest BCUT2D eigenvalue weighted by Gasteiger charge is -2.35. The van der Waals surface area contributed by atoms with Crippen molar-refractivity contribution in [3.63, 3.8) is 0 Å². The number of anilines is 1. The first-order chi connectivity index (χ1) is 13.1. The maximum Gasteiger partial charge on any atom is 0.254 e. The maximum atomic E-state index is 12.9. The van der Waals surface area contributed by atoms with Crippen molar-refractivity contribution < 1.29 is 4.79 Å². The summed E-state index contributed by atoms with van der Waals surface area (Å²) in [6.45, 7) is 6.85. The summed E-state index contributed by atoms with van der Waals surface area (Å²) >= 11 is 0. The van der Waals surface area contributed by atoms with Gasteiger partial charge in [-0.25, -0.2) is 15.0 Å². The average Bonchev–Trinajstić information content (AvgIpc) is 3.24. The van der Waals surface area contributed by atoms with Crippen LogP contribution in [0.1, 0.15) is 21.5 Å². The van der Waals surface area contributed by atoms with E-state index in [0.29, 0.717) is 13.1 Å². The first-order valence-corrected chi connectivity index (χ1v) is 9.03.